The number of methoxy groups -OCH3 is 1. The third-order valence-corrected chi connectivity index (χ3v) is 6.40. The van der Waals surface area contributed by atoms with E-state index in [0.29, 0.717) is 33.0 Å². The fourth-order valence-electron chi connectivity index (χ4n) is 3.33. The fourth-order valence-corrected chi connectivity index (χ4v) is 4.20. The summed E-state index contributed by atoms with van der Waals surface area (Å²) in [5.74, 6) is 0.951. The number of carbonyl (C=O) groups is 1. The largest absolute Gasteiger partial charge is 0.497 e. The Hall–Kier alpha value is -4.22. The Morgan fingerprint density at radius 2 is 1.86 bits per heavy atom. The Morgan fingerprint density at radius 1 is 1.14 bits per heavy atom. The van der Waals surface area contributed by atoms with Crippen molar-refractivity contribution in [3.63, 3.8) is 0 Å². The fraction of sp³-hybridized carbons (Fsp3) is 0.120. The maximum absolute atomic E-state index is 12.5. The molecule has 0 fully saturated rings. The molecule has 0 spiro atoms. The Balaban J connectivity index is 1.52. The molecule has 1 heterocycles. The number of amides is 1. The smallest absolute Gasteiger partial charge is 0.270 e. The van der Waals surface area contributed by atoms with Crippen molar-refractivity contribution >= 4 is 40.7 Å². The molecular formula is C25H21ClN6O4S. The number of ether oxygens (including phenoxy) is 1. The summed E-state index contributed by atoms with van der Waals surface area (Å²) < 4.78 is 7.08. The van der Waals surface area contributed by atoms with E-state index in [4.69, 9.17) is 16.3 Å². The highest BCUT2D eigenvalue weighted by molar-refractivity contribution is 7.99. The lowest BCUT2D eigenvalue weighted by molar-refractivity contribution is -0.384. The molecule has 0 saturated carbocycles. The number of halogens is 1. The first kappa shape index (κ1) is 25.9. The van der Waals surface area contributed by atoms with Crippen LogP contribution < -0.4 is 10.2 Å². The van der Waals surface area contributed by atoms with Gasteiger partial charge in [-0.25, -0.2) is 5.43 Å². The average Bonchev–Trinajstić information content (AvgIpc) is 3.35. The molecule has 37 heavy (non-hydrogen) atoms. The maximum Gasteiger partial charge on any atom is 0.270 e. The van der Waals surface area contributed by atoms with Crippen molar-refractivity contribution in [2.24, 2.45) is 5.10 Å². The van der Waals surface area contributed by atoms with Crippen LogP contribution in [0.3, 0.4) is 0 Å². The van der Waals surface area contributed by atoms with Crippen LogP contribution in [0.1, 0.15) is 12.5 Å². The van der Waals surface area contributed by atoms with Crippen LogP contribution in [0.5, 0.6) is 5.75 Å². The standard InChI is InChI=1S/C25H21ClN6O4S/c1-16(18-4-3-5-21(14-18)32(34)35)27-28-23(33)15-37-25-30-29-24(17-6-12-22(36-2)13-7-17)31(25)20-10-8-19(26)9-11-20/h3-14H,15H2,1-2H3,(H,28,33)/b27-16-. The zero-order valence-electron chi connectivity index (χ0n) is 19.8. The molecule has 0 radical (unpaired) electrons. The molecule has 10 nitrogen and oxygen atoms in total. The first-order valence-electron chi connectivity index (χ1n) is 10.9. The first-order chi connectivity index (χ1) is 17.9. The zero-order valence-corrected chi connectivity index (χ0v) is 21.4. The number of nitro benzene ring substituents is 1. The lowest BCUT2D eigenvalue weighted by Gasteiger charge is -2.11. The number of benzene rings is 3. The third kappa shape index (κ3) is 6.32. The number of nitrogens with zero attached hydrogens (tertiary/aromatic N) is 5. The summed E-state index contributed by atoms with van der Waals surface area (Å²) in [6.07, 6.45) is 0. The summed E-state index contributed by atoms with van der Waals surface area (Å²) in [6, 6.07) is 20.7. The summed E-state index contributed by atoms with van der Waals surface area (Å²) in [6.45, 7) is 1.66. The van der Waals surface area contributed by atoms with Gasteiger partial charge in [0.25, 0.3) is 11.6 Å². The van der Waals surface area contributed by atoms with Crippen molar-refractivity contribution in [2.45, 2.75) is 12.1 Å². The highest BCUT2D eigenvalue weighted by Gasteiger charge is 2.18. The topological polar surface area (TPSA) is 125 Å². The Kier molecular flexibility index (Phi) is 8.16. The minimum absolute atomic E-state index is 0.0139. The van der Waals surface area contributed by atoms with Gasteiger partial charge in [-0.15, -0.1) is 10.2 Å². The molecular weight excluding hydrogens is 516 g/mol. The van der Waals surface area contributed by atoms with E-state index in [0.717, 1.165) is 11.3 Å². The Labute approximate surface area is 221 Å². The van der Waals surface area contributed by atoms with Gasteiger partial charge in [-0.2, -0.15) is 5.10 Å². The lowest BCUT2D eigenvalue weighted by atomic mass is 10.1. The molecule has 0 bridgehead atoms. The molecule has 0 saturated heterocycles. The molecule has 1 N–H and O–H groups in total. The average molecular weight is 537 g/mol. The summed E-state index contributed by atoms with van der Waals surface area (Å²) in [4.78, 5) is 23.0. The van der Waals surface area contributed by atoms with Crippen LogP contribution in [0.25, 0.3) is 17.1 Å². The SMILES string of the molecule is COc1ccc(-c2nnc(SCC(=O)N/N=C(/C)c3cccc([N+](=O)[O-])c3)n2-c2ccc(Cl)cc2)cc1. The van der Waals surface area contributed by atoms with E-state index in [1.165, 1.54) is 23.9 Å². The Bertz CT molecular complexity index is 1460. The van der Waals surface area contributed by atoms with Gasteiger partial charge in [-0.05, 0) is 55.5 Å². The molecule has 12 heteroatoms. The molecule has 4 aromatic rings. The van der Waals surface area contributed by atoms with Crippen LogP contribution >= 0.6 is 23.4 Å². The number of aromatic nitrogens is 3. The molecule has 0 aliphatic rings. The van der Waals surface area contributed by atoms with E-state index in [2.05, 4.69) is 20.7 Å². The minimum atomic E-state index is -0.483. The normalized spacial score (nSPS) is 11.3. The summed E-state index contributed by atoms with van der Waals surface area (Å²) >= 11 is 7.27. The van der Waals surface area contributed by atoms with Crippen molar-refractivity contribution in [2.75, 3.05) is 12.9 Å². The summed E-state index contributed by atoms with van der Waals surface area (Å²) in [5, 5.41) is 24.8. The van der Waals surface area contributed by atoms with Gasteiger partial charge in [0.15, 0.2) is 11.0 Å². The van der Waals surface area contributed by atoms with Gasteiger partial charge in [0, 0.05) is 34.0 Å². The lowest BCUT2D eigenvalue weighted by Crippen LogP contribution is -2.21. The predicted octanol–water partition coefficient (Wildman–Crippen LogP) is 5.14. The Morgan fingerprint density at radius 3 is 2.54 bits per heavy atom. The molecule has 3 aromatic carbocycles. The van der Waals surface area contributed by atoms with Crippen LogP contribution in [0.15, 0.2) is 83.1 Å². The second-order valence-electron chi connectivity index (χ2n) is 7.67. The van der Waals surface area contributed by atoms with Gasteiger partial charge in [-0.3, -0.25) is 19.5 Å². The third-order valence-electron chi connectivity index (χ3n) is 5.22. The molecule has 0 unspecified atom stereocenters. The monoisotopic (exact) mass is 536 g/mol. The number of thioether (sulfide) groups is 1. The van der Waals surface area contributed by atoms with Crippen molar-refractivity contribution in [3.05, 3.63) is 93.5 Å². The molecule has 4 rings (SSSR count). The predicted molar refractivity (Wildman–Crippen MR) is 143 cm³/mol. The first-order valence-corrected chi connectivity index (χ1v) is 12.3. The van der Waals surface area contributed by atoms with Gasteiger partial charge >= 0.3 is 0 Å². The quantitative estimate of drug-likeness (QED) is 0.136. The number of hydrazone groups is 1. The summed E-state index contributed by atoms with van der Waals surface area (Å²) in [7, 11) is 1.60. The van der Waals surface area contributed by atoms with Gasteiger partial charge in [0.2, 0.25) is 0 Å². The maximum atomic E-state index is 12.5. The van der Waals surface area contributed by atoms with Crippen molar-refractivity contribution in [1.82, 2.24) is 20.2 Å². The molecule has 0 aliphatic carbocycles. The van der Waals surface area contributed by atoms with E-state index in [-0.39, 0.29) is 17.3 Å². The van der Waals surface area contributed by atoms with Crippen molar-refractivity contribution in [3.8, 4) is 22.8 Å². The number of non-ortho nitro benzene ring substituents is 1. The van der Waals surface area contributed by atoms with Gasteiger partial charge in [0.05, 0.1) is 23.5 Å². The number of hydrogen-bond donors (Lipinski definition) is 1. The minimum Gasteiger partial charge on any atom is -0.497 e. The van der Waals surface area contributed by atoms with E-state index in [9.17, 15) is 14.9 Å². The highest BCUT2D eigenvalue weighted by Crippen LogP contribution is 2.29. The molecule has 188 valence electrons. The summed E-state index contributed by atoms with van der Waals surface area (Å²) in [5.41, 5.74) is 5.01. The van der Waals surface area contributed by atoms with Crippen LogP contribution in [0, 0.1) is 10.1 Å². The number of hydrogen-bond acceptors (Lipinski definition) is 8. The molecule has 1 aromatic heterocycles. The molecule has 0 atom stereocenters. The molecule has 0 aliphatic heterocycles. The van der Waals surface area contributed by atoms with Crippen molar-refractivity contribution in [1.29, 1.82) is 0 Å². The number of rotatable bonds is 9. The van der Waals surface area contributed by atoms with Crippen molar-refractivity contribution < 1.29 is 14.5 Å². The van der Waals surface area contributed by atoms with E-state index >= 15 is 0 Å². The highest BCUT2D eigenvalue weighted by atomic mass is 35.5. The van der Waals surface area contributed by atoms with Gasteiger partial charge in [-0.1, -0.05) is 35.5 Å². The van der Waals surface area contributed by atoms with E-state index in [1.54, 1.807) is 38.3 Å². The number of carbonyl (C=O) groups excluding carboxylic acids is 1. The second kappa shape index (κ2) is 11.7. The van der Waals surface area contributed by atoms with E-state index in [1.807, 2.05) is 41.0 Å². The molecule has 1 amide bonds. The van der Waals surface area contributed by atoms with E-state index < -0.39 is 4.92 Å². The number of nitrogens with one attached hydrogen (secondary N) is 1. The van der Waals surface area contributed by atoms with Crippen LogP contribution in [-0.2, 0) is 4.79 Å². The van der Waals surface area contributed by atoms with Gasteiger partial charge in [0.1, 0.15) is 5.75 Å². The number of nitro groups is 1. The van der Waals surface area contributed by atoms with Gasteiger partial charge < -0.3 is 4.74 Å². The second-order valence-corrected chi connectivity index (χ2v) is 9.05. The zero-order chi connectivity index (χ0) is 26.4. The van der Waals surface area contributed by atoms with Crippen LogP contribution in [0.2, 0.25) is 5.02 Å². The van der Waals surface area contributed by atoms with Crippen LogP contribution in [-0.4, -0.2) is 44.2 Å². The van der Waals surface area contributed by atoms with Crippen LogP contribution in [0.4, 0.5) is 5.69 Å².